The van der Waals surface area contributed by atoms with Crippen LogP contribution in [0.2, 0.25) is 0 Å². The van der Waals surface area contributed by atoms with Crippen molar-refractivity contribution in [3.8, 4) is 11.8 Å². The summed E-state index contributed by atoms with van der Waals surface area (Å²) in [4.78, 5) is 21.1. The Morgan fingerprint density at radius 1 is 1.09 bits per heavy atom. The van der Waals surface area contributed by atoms with Crippen molar-refractivity contribution >= 4 is 50.9 Å². The molecule has 9 nitrogen and oxygen atoms in total. The Morgan fingerprint density at radius 3 is 2.82 bits per heavy atom. The van der Waals surface area contributed by atoms with Gasteiger partial charge in [0.05, 0.1) is 12.2 Å². The molecule has 168 valence electrons. The number of benzene rings is 1. The number of alkyl halides is 1. The smallest absolute Gasteiger partial charge is 0.225 e. The number of anilines is 2. The topological polar surface area (TPSA) is 118 Å². The van der Waals surface area contributed by atoms with Crippen LogP contribution < -0.4 is 10.6 Å². The summed E-state index contributed by atoms with van der Waals surface area (Å²) in [6.07, 6.45) is 4.32. The fourth-order valence-corrected chi connectivity index (χ4v) is 3.37. The Labute approximate surface area is 195 Å². The molecule has 0 fully saturated rings. The highest BCUT2D eigenvalue weighted by atomic mass is 35.5. The highest BCUT2D eigenvalue weighted by Crippen LogP contribution is 2.25. The van der Waals surface area contributed by atoms with E-state index in [9.17, 15) is 4.79 Å². The van der Waals surface area contributed by atoms with Crippen LogP contribution in [-0.2, 0) is 9.53 Å². The summed E-state index contributed by atoms with van der Waals surface area (Å²) in [6, 6.07) is 7.43. The number of pyridine rings is 2. The molecule has 1 aromatic carbocycles. The van der Waals surface area contributed by atoms with Gasteiger partial charge in [-0.05, 0) is 30.7 Å². The highest BCUT2D eigenvalue weighted by molar-refractivity contribution is 6.17. The minimum Gasteiger partial charge on any atom is -0.380 e. The first-order chi connectivity index (χ1) is 16.2. The fourth-order valence-electron chi connectivity index (χ4n) is 3.26. The number of halogens is 1. The Balaban J connectivity index is 1.57. The van der Waals surface area contributed by atoms with Gasteiger partial charge < -0.3 is 15.4 Å². The van der Waals surface area contributed by atoms with Crippen molar-refractivity contribution in [2.75, 3.05) is 36.8 Å². The fraction of sp³-hybridized carbons (Fsp3) is 0.261. The van der Waals surface area contributed by atoms with Gasteiger partial charge in [-0.1, -0.05) is 11.8 Å². The zero-order valence-corrected chi connectivity index (χ0v) is 18.7. The van der Waals surface area contributed by atoms with Crippen molar-refractivity contribution in [1.29, 1.82) is 0 Å². The number of ether oxygens (including phenoxy) is 1. The van der Waals surface area contributed by atoms with E-state index in [1.807, 2.05) is 24.3 Å². The molecule has 3 aromatic heterocycles. The maximum atomic E-state index is 12.3. The minimum absolute atomic E-state index is 0.132. The van der Waals surface area contributed by atoms with Crippen LogP contribution >= 0.6 is 11.6 Å². The number of aromatic nitrogens is 5. The van der Waals surface area contributed by atoms with E-state index in [2.05, 4.69) is 47.9 Å². The summed E-state index contributed by atoms with van der Waals surface area (Å²) in [7, 11) is 1.79. The number of rotatable bonds is 8. The number of hydrogen-bond donors (Lipinski definition) is 3. The average molecular weight is 464 g/mol. The summed E-state index contributed by atoms with van der Waals surface area (Å²) in [5.41, 5.74) is 3.05. The van der Waals surface area contributed by atoms with Gasteiger partial charge in [0.15, 0.2) is 0 Å². The molecule has 0 radical (unpaired) electrons. The van der Waals surface area contributed by atoms with Crippen LogP contribution in [0.5, 0.6) is 0 Å². The van der Waals surface area contributed by atoms with Gasteiger partial charge in [0.1, 0.15) is 22.7 Å². The van der Waals surface area contributed by atoms with E-state index >= 15 is 0 Å². The first-order valence-electron chi connectivity index (χ1n) is 10.4. The molecule has 3 N–H and O–H groups in total. The number of carbonyl (C=O) groups excluding carboxylic acids is 1. The van der Waals surface area contributed by atoms with Crippen molar-refractivity contribution in [2.45, 2.75) is 12.8 Å². The molecule has 0 aliphatic heterocycles. The van der Waals surface area contributed by atoms with Crippen molar-refractivity contribution < 1.29 is 9.53 Å². The molecule has 1 amide bonds. The van der Waals surface area contributed by atoms with Crippen molar-refractivity contribution in [3.05, 3.63) is 47.8 Å². The third-order valence-electron chi connectivity index (χ3n) is 4.85. The molecule has 0 aliphatic carbocycles. The van der Waals surface area contributed by atoms with E-state index in [0.29, 0.717) is 43.6 Å². The van der Waals surface area contributed by atoms with Crippen molar-refractivity contribution in [1.82, 2.24) is 25.4 Å². The van der Waals surface area contributed by atoms with E-state index in [0.717, 1.165) is 32.9 Å². The van der Waals surface area contributed by atoms with Gasteiger partial charge in [-0.15, -0.1) is 11.6 Å². The molecule has 33 heavy (non-hydrogen) atoms. The second-order valence-electron chi connectivity index (χ2n) is 7.12. The van der Waals surface area contributed by atoms with Crippen LogP contribution in [0.15, 0.2) is 36.7 Å². The van der Waals surface area contributed by atoms with E-state index in [4.69, 9.17) is 16.3 Å². The lowest BCUT2D eigenvalue weighted by atomic mass is 10.1. The first-order valence-corrected chi connectivity index (χ1v) is 10.9. The number of amides is 1. The summed E-state index contributed by atoms with van der Waals surface area (Å²) in [5.74, 6) is 7.78. The Morgan fingerprint density at radius 2 is 1.97 bits per heavy atom. The third-order valence-corrected chi connectivity index (χ3v) is 5.00. The SMILES string of the molecule is CNc1ncc(C#Cc2ccc3n[nH]nc3c2)c2cc(NC(=O)CCCOCCCl)ncc12. The number of nitrogens with zero attached hydrogens (tertiary/aromatic N) is 4. The van der Waals surface area contributed by atoms with E-state index in [1.54, 1.807) is 19.4 Å². The summed E-state index contributed by atoms with van der Waals surface area (Å²) >= 11 is 5.57. The summed E-state index contributed by atoms with van der Waals surface area (Å²) in [5, 5.41) is 18.3. The van der Waals surface area contributed by atoms with Gasteiger partial charge in [0.25, 0.3) is 0 Å². The Kier molecular flexibility index (Phi) is 7.29. The summed E-state index contributed by atoms with van der Waals surface area (Å²) in [6.45, 7) is 0.968. The second kappa shape index (κ2) is 10.7. The van der Waals surface area contributed by atoms with Crippen molar-refractivity contribution in [2.24, 2.45) is 0 Å². The van der Waals surface area contributed by atoms with Gasteiger partial charge in [-0.3, -0.25) is 4.79 Å². The lowest BCUT2D eigenvalue weighted by molar-refractivity contribution is -0.116. The number of H-pyrrole nitrogens is 1. The minimum atomic E-state index is -0.132. The van der Waals surface area contributed by atoms with Crippen LogP contribution in [0.4, 0.5) is 11.6 Å². The van der Waals surface area contributed by atoms with Gasteiger partial charge in [-0.2, -0.15) is 15.4 Å². The predicted molar refractivity (Wildman–Crippen MR) is 128 cm³/mol. The van der Waals surface area contributed by atoms with Gasteiger partial charge in [-0.25, -0.2) is 9.97 Å². The number of fused-ring (bicyclic) bond motifs is 2. The van der Waals surface area contributed by atoms with E-state index in [1.165, 1.54) is 0 Å². The molecule has 0 aliphatic rings. The molecule has 0 saturated heterocycles. The van der Waals surface area contributed by atoms with E-state index in [-0.39, 0.29) is 5.91 Å². The van der Waals surface area contributed by atoms with Gasteiger partial charge in [0.2, 0.25) is 5.91 Å². The summed E-state index contributed by atoms with van der Waals surface area (Å²) < 4.78 is 5.30. The Bertz CT molecular complexity index is 1340. The molecular formula is C23H22ClN7O2. The molecule has 0 saturated carbocycles. The molecular weight excluding hydrogens is 442 g/mol. The maximum absolute atomic E-state index is 12.3. The van der Waals surface area contributed by atoms with E-state index < -0.39 is 0 Å². The molecule has 10 heteroatoms. The van der Waals surface area contributed by atoms with Gasteiger partial charge >= 0.3 is 0 Å². The largest absolute Gasteiger partial charge is 0.380 e. The number of aromatic amines is 1. The molecule has 0 atom stereocenters. The average Bonchev–Trinajstić information content (AvgIpc) is 3.30. The quantitative estimate of drug-likeness (QED) is 0.208. The predicted octanol–water partition coefficient (Wildman–Crippen LogP) is 3.32. The maximum Gasteiger partial charge on any atom is 0.225 e. The molecule has 0 unspecified atom stereocenters. The zero-order chi connectivity index (χ0) is 23.0. The van der Waals surface area contributed by atoms with Crippen LogP contribution in [0.3, 0.4) is 0 Å². The molecule has 0 spiro atoms. The monoisotopic (exact) mass is 463 g/mol. The number of carbonyl (C=O) groups is 1. The van der Waals surface area contributed by atoms with Crippen LogP contribution in [0, 0.1) is 11.8 Å². The van der Waals surface area contributed by atoms with Crippen LogP contribution in [-0.4, -0.2) is 57.4 Å². The number of hydrogen-bond acceptors (Lipinski definition) is 7. The van der Waals surface area contributed by atoms with Crippen LogP contribution in [0.1, 0.15) is 24.0 Å². The standard InChI is InChI=1S/C23H22ClN7O2/c1-25-23-18-14-26-21(28-22(32)3-2-9-33-10-8-24)12-17(18)16(13-27-23)6-4-15-5-7-19-20(11-15)30-31-29-19/h5,7,11-14H,2-3,8-10H2,1H3,(H,25,27)(H,26,28,32)(H,29,30,31). The second-order valence-corrected chi connectivity index (χ2v) is 7.49. The lowest BCUT2D eigenvalue weighted by Gasteiger charge is -2.09. The third kappa shape index (κ3) is 5.55. The molecule has 3 heterocycles. The normalized spacial score (nSPS) is 10.7. The zero-order valence-electron chi connectivity index (χ0n) is 18.0. The Hall–Kier alpha value is -3.74. The van der Waals surface area contributed by atoms with Crippen molar-refractivity contribution in [3.63, 3.8) is 0 Å². The highest BCUT2D eigenvalue weighted by Gasteiger charge is 2.10. The molecule has 4 aromatic rings. The lowest BCUT2D eigenvalue weighted by Crippen LogP contribution is -2.13. The first kappa shape index (κ1) is 22.5. The van der Waals surface area contributed by atoms with Gasteiger partial charge in [0, 0.05) is 54.7 Å². The molecule has 4 rings (SSSR count). The van der Waals surface area contributed by atoms with Crippen LogP contribution in [0.25, 0.3) is 21.8 Å². The number of nitrogens with one attached hydrogen (secondary N) is 3. The molecule has 0 bridgehead atoms.